The Hall–Kier alpha value is -3.09. The molecule has 0 spiro atoms. The third kappa shape index (κ3) is 6.22. The molecule has 0 fully saturated rings. The molecule has 172 valence electrons. The normalized spacial score (nSPS) is 12.7. The Kier molecular flexibility index (Phi) is 8.63. The van der Waals surface area contributed by atoms with Gasteiger partial charge in [0, 0.05) is 34.3 Å². The van der Waals surface area contributed by atoms with Gasteiger partial charge in [-0.15, -0.1) is 0 Å². The van der Waals surface area contributed by atoms with Gasteiger partial charge in [-0.25, -0.2) is 8.78 Å². The topological polar surface area (TPSA) is 88.8 Å². The lowest BCUT2D eigenvalue weighted by molar-refractivity contribution is -0.114. The Balaban J connectivity index is 2.21. The molecule has 0 radical (unpaired) electrons. The first-order chi connectivity index (χ1) is 15.1. The molecular weight excluding hydrogens is 410 g/mol. The molecule has 4 N–H and O–H groups in total. The minimum atomic E-state index is -0.981. The highest BCUT2D eigenvalue weighted by atomic mass is 19.2. The van der Waals surface area contributed by atoms with Crippen molar-refractivity contribution in [1.82, 2.24) is 0 Å². The lowest BCUT2D eigenvalue weighted by Crippen LogP contribution is -2.34. The van der Waals surface area contributed by atoms with Gasteiger partial charge in [0.25, 0.3) is 0 Å². The molecule has 0 heterocycles. The predicted molar refractivity (Wildman–Crippen MR) is 127 cm³/mol. The standard InChI is InChI=1S/C25H32F2N4O/c1-5-7-23(29)25(4,14-18(28)6-2)17-9-8-16(3)22(12-17)31-24(32)15-30-19-10-11-20(26)21(27)13-19/h8-13,28-30H,5-7,14-15H2,1-4H3,(H,31,32)/t25-/m0/s1. The van der Waals surface area contributed by atoms with Crippen molar-refractivity contribution >= 4 is 28.7 Å². The smallest absolute Gasteiger partial charge is 0.243 e. The summed E-state index contributed by atoms with van der Waals surface area (Å²) in [7, 11) is 0. The van der Waals surface area contributed by atoms with Crippen LogP contribution in [0.15, 0.2) is 36.4 Å². The van der Waals surface area contributed by atoms with E-state index >= 15 is 0 Å². The van der Waals surface area contributed by atoms with Gasteiger partial charge in [-0.3, -0.25) is 4.79 Å². The molecule has 1 amide bonds. The lowest BCUT2D eigenvalue weighted by Gasteiger charge is -2.32. The SMILES string of the molecule is CCCC(=N)[C@@](C)(CC(=N)CC)c1ccc(C)c(NC(=O)CNc2ccc(F)c(F)c2)c1. The highest BCUT2D eigenvalue weighted by Gasteiger charge is 2.32. The first kappa shape index (κ1) is 25.2. The third-order valence-corrected chi connectivity index (χ3v) is 5.68. The molecule has 0 unspecified atom stereocenters. The number of aryl methyl sites for hydroxylation is 1. The lowest BCUT2D eigenvalue weighted by atomic mass is 9.72. The number of amides is 1. The summed E-state index contributed by atoms with van der Waals surface area (Å²) < 4.78 is 26.4. The zero-order valence-corrected chi connectivity index (χ0v) is 19.2. The zero-order chi connectivity index (χ0) is 23.9. The molecule has 32 heavy (non-hydrogen) atoms. The van der Waals surface area contributed by atoms with Crippen molar-refractivity contribution in [3.05, 3.63) is 59.2 Å². The van der Waals surface area contributed by atoms with Crippen molar-refractivity contribution in [1.29, 1.82) is 10.8 Å². The molecule has 0 saturated carbocycles. The van der Waals surface area contributed by atoms with Crippen LogP contribution < -0.4 is 10.6 Å². The van der Waals surface area contributed by atoms with E-state index in [1.165, 1.54) is 6.07 Å². The van der Waals surface area contributed by atoms with Crippen molar-refractivity contribution in [3.8, 4) is 0 Å². The molecule has 0 aliphatic carbocycles. The van der Waals surface area contributed by atoms with Gasteiger partial charge < -0.3 is 21.5 Å². The van der Waals surface area contributed by atoms with Crippen molar-refractivity contribution in [2.75, 3.05) is 17.2 Å². The molecule has 2 aromatic carbocycles. The minimum Gasteiger partial charge on any atom is -0.376 e. The van der Waals surface area contributed by atoms with E-state index in [9.17, 15) is 13.6 Å². The number of benzene rings is 2. The van der Waals surface area contributed by atoms with Gasteiger partial charge in [0.1, 0.15) is 0 Å². The molecule has 2 aromatic rings. The van der Waals surface area contributed by atoms with Crippen LogP contribution in [0, 0.1) is 29.4 Å². The summed E-state index contributed by atoms with van der Waals surface area (Å²) in [5.41, 5.74) is 3.20. The largest absolute Gasteiger partial charge is 0.376 e. The number of hydrogen-bond acceptors (Lipinski definition) is 4. The van der Waals surface area contributed by atoms with E-state index in [1.54, 1.807) is 0 Å². The number of carbonyl (C=O) groups excluding carboxylic acids is 1. The molecule has 0 bridgehead atoms. The summed E-state index contributed by atoms with van der Waals surface area (Å²) in [5, 5.41) is 22.5. The maximum Gasteiger partial charge on any atom is 0.243 e. The van der Waals surface area contributed by atoms with Crippen molar-refractivity contribution < 1.29 is 13.6 Å². The molecule has 0 saturated heterocycles. The van der Waals surface area contributed by atoms with Crippen LogP contribution in [0.1, 0.15) is 57.6 Å². The summed E-state index contributed by atoms with van der Waals surface area (Å²) in [6.07, 6.45) is 2.57. The predicted octanol–water partition coefficient (Wildman–Crippen LogP) is 6.22. The zero-order valence-electron chi connectivity index (χ0n) is 19.2. The van der Waals surface area contributed by atoms with Crippen molar-refractivity contribution in [2.45, 2.75) is 58.8 Å². The van der Waals surface area contributed by atoms with E-state index in [4.69, 9.17) is 10.8 Å². The van der Waals surface area contributed by atoms with Gasteiger partial charge in [-0.1, -0.05) is 32.4 Å². The Bertz CT molecular complexity index is 1010. The Morgan fingerprint density at radius 2 is 1.78 bits per heavy atom. The number of nitrogens with one attached hydrogen (secondary N) is 4. The van der Waals surface area contributed by atoms with Gasteiger partial charge in [0.15, 0.2) is 11.6 Å². The van der Waals surface area contributed by atoms with Gasteiger partial charge >= 0.3 is 0 Å². The summed E-state index contributed by atoms with van der Waals surface area (Å²) >= 11 is 0. The van der Waals surface area contributed by atoms with Gasteiger partial charge in [-0.05, 0) is 62.4 Å². The second-order valence-corrected chi connectivity index (χ2v) is 8.25. The van der Waals surface area contributed by atoms with Crippen molar-refractivity contribution in [2.24, 2.45) is 0 Å². The van der Waals surface area contributed by atoms with E-state index < -0.39 is 17.0 Å². The Labute approximate surface area is 188 Å². The molecule has 5 nitrogen and oxygen atoms in total. The number of anilines is 2. The molecule has 2 rings (SSSR count). The monoisotopic (exact) mass is 442 g/mol. The molecule has 1 atom stereocenters. The molecule has 7 heteroatoms. The summed E-state index contributed by atoms with van der Waals surface area (Å²) in [6, 6.07) is 9.10. The average Bonchev–Trinajstić information content (AvgIpc) is 2.76. The highest BCUT2D eigenvalue weighted by Crippen LogP contribution is 2.34. The van der Waals surface area contributed by atoms with Crippen LogP contribution >= 0.6 is 0 Å². The number of halogens is 2. The van der Waals surface area contributed by atoms with E-state index in [1.807, 2.05) is 45.9 Å². The maximum absolute atomic E-state index is 13.3. The quantitative estimate of drug-likeness (QED) is 0.311. The van der Waals surface area contributed by atoms with Crippen LogP contribution in [0.2, 0.25) is 0 Å². The van der Waals surface area contributed by atoms with Crippen LogP contribution in [-0.2, 0) is 10.2 Å². The fourth-order valence-electron chi connectivity index (χ4n) is 3.54. The summed E-state index contributed by atoms with van der Waals surface area (Å²) in [6.45, 7) is 7.72. The summed E-state index contributed by atoms with van der Waals surface area (Å²) in [4.78, 5) is 12.5. The fourth-order valence-corrected chi connectivity index (χ4v) is 3.54. The van der Waals surface area contributed by atoms with E-state index in [2.05, 4.69) is 10.6 Å². The van der Waals surface area contributed by atoms with Crippen LogP contribution in [0.3, 0.4) is 0 Å². The van der Waals surface area contributed by atoms with Crippen LogP contribution in [-0.4, -0.2) is 23.9 Å². The van der Waals surface area contributed by atoms with Gasteiger partial charge in [0.05, 0.1) is 6.54 Å². The van der Waals surface area contributed by atoms with E-state index in [-0.39, 0.29) is 12.5 Å². The van der Waals surface area contributed by atoms with Crippen LogP contribution in [0.4, 0.5) is 20.2 Å². The molecule has 0 aliphatic heterocycles. The number of carbonyl (C=O) groups is 1. The molecular formula is C25H32F2N4O. The van der Waals surface area contributed by atoms with Crippen LogP contribution in [0.25, 0.3) is 0 Å². The molecule has 0 aromatic heterocycles. The third-order valence-electron chi connectivity index (χ3n) is 5.68. The van der Waals surface area contributed by atoms with Crippen molar-refractivity contribution in [3.63, 3.8) is 0 Å². The number of hydrogen-bond donors (Lipinski definition) is 4. The number of rotatable bonds is 11. The summed E-state index contributed by atoms with van der Waals surface area (Å²) in [5.74, 6) is -2.26. The minimum absolute atomic E-state index is 0.113. The second-order valence-electron chi connectivity index (χ2n) is 8.25. The van der Waals surface area contributed by atoms with Crippen LogP contribution in [0.5, 0.6) is 0 Å². The van der Waals surface area contributed by atoms with E-state index in [0.717, 1.165) is 29.7 Å². The first-order valence-electron chi connectivity index (χ1n) is 10.8. The Morgan fingerprint density at radius 3 is 2.41 bits per heavy atom. The second kappa shape index (κ2) is 11.0. The fraction of sp³-hybridized carbons (Fsp3) is 0.400. The average molecular weight is 443 g/mol. The Morgan fingerprint density at radius 1 is 1.06 bits per heavy atom. The molecule has 0 aliphatic rings. The van der Waals surface area contributed by atoms with Gasteiger partial charge in [-0.2, -0.15) is 0 Å². The maximum atomic E-state index is 13.3. The van der Waals surface area contributed by atoms with Gasteiger partial charge in [0.2, 0.25) is 5.91 Å². The van der Waals surface area contributed by atoms with E-state index in [0.29, 0.717) is 42.1 Å². The highest BCUT2D eigenvalue weighted by molar-refractivity contribution is 5.98. The first-order valence-corrected chi connectivity index (χ1v) is 10.8.